The van der Waals surface area contributed by atoms with Crippen LogP contribution in [-0.2, 0) is 6.42 Å². The van der Waals surface area contributed by atoms with Gasteiger partial charge in [0.2, 0.25) is 5.88 Å². The maximum atomic E-state index is 6.38. The highest BCUT2D eigenvalue weighted by atomic mass is 16.5. The minimum atomic E-state index is -0.0290. The van der Waals surface area contributed by atoms with Crippen LogP contribution in [0.5, 0.6) is 5.88 Å². The largest absolute Gasteiger partial charge is 0.469 e. The van der Waals surface area contributed by atoms with E-state index in [1.807, 2.05) is 24.5 Å². The van der Waals surface area contributed by atoms with E-state index in [-0.39, 0.29) is 5.60 Å². The molecule has 6 rings (SSSR count). The summed E-state index contributed by atoms with van der Waals surface area (Å²) in [5.74, 6) is 1.51. The SMILES string of the molecule is c1cncc(Nc2cnc3c(c2)C[C@@]2(CN4CCC2CC4)O3)c1. The van der Waals surface area contributed by atoms with E-state index in [4.69, 9.17) is 4.74 Å². The van der Waals surface area contributed by atoms with Crippen molar-refractivity contribution >= 4 is 11.4 Å². The Morgan fingerprint density at radius 3 is 2.87 bits per heavy atom. The minimum Gasteiger partial charge on any atom is -0.469 e. The Bertz CT molecular complexity index is 727. The molecular formula is C18H20N4O. The van der Waals surface area contributed by atoms with Crippen molar-refractivity contribution in [1.29, 1.82) is 0 Å². The fourth-order valence-corrected chi connectivity index (χ4v) is 4.38. The molecule has 2 aromatic rings. The highest BCUT2D eigenvalue weighted by Crippen LogP contribution is 2.46. The molecule has 5 heteroatoms. The van der Waals surface area contributed by atoms with Crippen LogP contribution in [0.4, 0.5) is 11.4 Å². The van der Waals surface area contributed by atoms with Gasteiger partial charge < -0.3 is 10.1 Å². The summed E-state index contributed by atoms with van der Waals surface area (Å²) in [4.78, 5) is 11.2. The summed E-state index contributed by atoms with van der Waals surface area (Å²) in [5, 5.41) is 3.37. The standard InChI is InChI=1S/C18H20N4O/c1-2-15(10-19-5-1)21-16-8-13-9-18(23-17(13)20-11-16)12-22-6-3-14(18)4-7-22/h1-2,5,8,10-11,14,21H,3-4,6-7,9,12H2/t18-/m0/s1. The number of rotatable bonds is 2. The van der Waals surface area contributed by atoms with Crippen molar-refractivity contribution in [1.82, 2.24) is 14.9 Å². The first-order valence-corrected chi connectivity index (χ1v) is 8.38. The molecule has 0 aromatic carbocycles. The van der Waals surface area contributed by atoms with Gasteiger partial charge in [0.25, 0.3) is 0 Å². The Kier molecular flexibility index (Phi) is 2.85. The van der Waals surface area contributed by atoms with Gasteiger partial charge in [-0.3, -0.25) is 9.88 Å². The van der Waals surface area contributed by atoms with Crippen molar-refractivity contribution in [2.75, 3.05) is 25.0 Å². The molecule has 2 bridgehead atoms. The zero-order valence-corrected chi connectivity index (χ0v) is 13.0. The number of hydrogen-bond donors (Lipinski definition) is 1. The average molecular weight is 308 g/mol. The first-order chi connectivity index (χ1) is 11.3. The van der Waals surface area contributed by atoms with Crippen LogP contribution in [-0.4, -0.2) is 40.1 Å². The van der Waals surface area contributed by atoms with Crippen LogP contribution < -0.4 is 10.1 Å². The second-order valence-corrected chi connectivity index (χ2v) is 6.95. The predicted molar refractivity (Wildman–Crippen MR) is 88.0 cm³/mol. The van der Waals surface area contributed by atoms with Gasteiger partial charge in [-0.25, -0.2) is 4.98 Å². The van der Waals surface area contributed by atoms with Crippen molar-refractivity contribution in [3.8, 4) is 5.88 Å². The van der Waals surface area contributed by atoms with Crippen LogP contribution in [0.3, 0.4) is 0 Å². The monoisotopic (exact) mass is 308 g/mol. The molecule has 5 nitrogen and oxygen atoms in total. The lowest BCUT2D eigenvalue weighted by molar-refractivity contribution is -0.0814. The summed E-state index contributed by atoms with van der Waals surface area (Å²) < 4.78 is 6.38. The quantitative estimate of drug-likeness (QED) is 0.924. The number of nitrogens with zero attached hydrogens (tertiary/aromatic N) is 3. The number of ether oxygens (including phenoxy) is 1. The maximum Gasteiger partial charge on any atom is 0.217 e. The molecule has 1 atom stereocenters. The molecule has 0 amide bonds. The van der Waals surface area contributed by atoms with E-state index in [0.29, 0.717) is 5.92 Å². The topological polar surface area (TPSA) is 50.3 Å². The summed E-state index contributed by atoms with van der Waals surface area (Å²) in [5.41, 5.74) is 3.18. The van der Waals surface area contributed by atoms with E-state index in [9.17, 15) is 0 Å². The molecule has 6 heterocycles. The summed E-state index contributed by atoms with van der Waals surface area (Å²) in [6, 6.07) is 6.11. The molecule has 0 aliphatic carbocycles. The Hall–Kier alpha value is -2.14. The van der Waals surface area contributed by atoms with Crippen LogP contribution in [0.2, 0.25) is 0 Å². The molecule has 3 fully saturated rings. The molecular weight excluding hydrogens is 288 g/mol. The molecule has 0 radical (unpaired) electrons. The van der Waals surface area contributed by atoms with Crippen molar-refractivity contribution in [3.05, 3.63) is 42.4 Å². The summed E-state index contributed by atoms with van der Waals surface area (Å²) in [6.45, 7) is 3.51. The Morgan fingerprint density at radius 1 is 1.22 bits per heavy atom. The molecule has 4 aliphatic heterocycles. The molecule has 3 saturated heterocycles. The smallest absolute Gasteiger partial charge is 0.217 e. The third-order valence-corrected chi connectivity index (χ3v) is 5.49. The van der Waals surface area contributed by atoms with E-state index < -0.39 is 0 Å². The van der Waals surface area contributed by atoms with Crippen molar-refractivity contribution in [2.45, 2.75) is 24.9 Å². The van der Waals surface area contributed by atoms with E-state index in [0.717, 1.165) is 30.2 Å². The Morgan fingerprint density at radius 2 is 2.13 bits per heavy atom. The molecule has 0 unspecified atom stereocenters. The number of hydrogen-bond acceptors (Lipinski definition) is 5. The van der Waals surface area contributed by atoms with E-state index in [1.165, 1.54) is 31.5 Å². The van der Waals surface area contributed by atoms with Crippen LogP contribution in [0.15, 0.2) is 36.8 Å². The van der Waals surface area contributed by atoms with Gasteiger partial charge in [-0.1, -0.05) is 0 Å². The summed E-state index contributed by atoms with van der Waals surface area (Å²) in [7, 11) is 0. The minimum absolute atomic E-state index is 0.0290. The van der Waals surface area contributed by atoms with Gasteiger partial charge in [0.05, 0.1) is 23.8 Å². The van der Waals surface area contributed by atoms with Gasteiger partial charge in [0, 0.05) is 30.6 Å². The molecule has 0 saturated carbocycles. The zero-order chi connectivity index (χ0) is 15.3. The van der Waals surface area contributed by atoms with Gasteiger partial charge in [0.15, 0.2) is 0 Å². The normalized spacial score (nSPS) is 31.0. The first kappa shape index (κ1) is 13.3. The van der Waals surface area contributed by atoms with E-state index >= 15 is 0 Å². The van der Waals surface area contributed by atoms with Crippen LogP contribution in [0.1, 0.15) is 18.4 Å². The first-order valence-electron chi connectivity index (χ1n) is 8.38. The molecule has 118 valence electrons. The maximum absolute atomic E-state index is 6.38. The summed E-state index contributed by atoms with van der Waals surface area (Å²) >= 11 is 0. The molecule has 1 spiro atoms. The van der Waals surface area contributed by atoms with E-state index in [2.05, 4.69) is 26.3 Å². The number of nitrogens with one attached hydrogen (secondary N) is 1. The summed E-state index contributed by atoms with van der Waals surface area (Å²) in [6.07, 6.45) is 8.95. The molecule has 4 aliphatic rings. The highest BCUT2D eigenvalue weighted by Gasteiger charge is 2.52. The van der Waals surface area contributed by atoms with Crippen LogP contribution in [0.25, 0.3) is 0 Å². The molecule has 23 heavy (non-hydrogen) atoms. The lowest BCUT2D eigenvalue weighted by Gasteiger charge is -2.50. The van der Waals surface area contributed by atoms with Crippen molar-refractivity contribution < 1.29 is 4.74 Å². The lowest BCUT2D eigenvalue weighted by Crippen LogP contribution is -2.61. The fourth-order valence-electron chi connectivity index (χ4n) is 4.38. The molecule has 1 N–H and O–H groups in total. The predicted octanol–water partition coefficient (Wildman–Crippen LogP) is 2.62. The van der Waals surface area contributed by atoms with Crippen LogP contribution in [0, 0.1) is 5.92 Å². The van der Waals surface area contributed by atoms with E-state index in [1.54, 1.807) is 6.20 Å². The lowest BCUT2D eigenvalue weighted by atomic mass is 9.73. The second kappa shape index (κ2) is 4.93. The number of aromatic nitrogens is 2. The van der Waals surface area contributed by atoms with Gasteiger partial charge in [-0.05, 0) is 44.1 Å². The number of fused-ring (bicyclic) bond motifs is 3. The Labute approximate surface area is 135 Å². The van der Waals surface area contributed by atoms with Crippen LogP contribution >= 0.6 is 0 Å². The Balaban J connectivity index is 1.41. The van der Waals surface area contributed by atoms with Gasteiger partial charge in [-0.2, -0.15) is 0 Å². The van der Waals surface area contributed by atoms with Gasteiger partial charge >= 0.3 is 0 Å². The van der Waals surface area contributed by atoms with Gasteiger partial charge in [-0.15, -0.1) is 0 Å². The third-order valence-electron chi connectivity index (χ3n) is 5.49. The molecule has 2 aromatic heterocycles. The number of pyridine rings is 2. The van der Waals surface area contributed by atoms with Crippen molar-refractivity contribution in [2.24, 2.45) is 5.92 Å². The second-order valence-electron chi connectivity index (χ2n) is 6.95. The number of piperidine rings is 3. The number of anilines is 2. The zero-order valence-electron chi connectivity index (χ0n) is 13.0. The van der Waals surface area contributed by atoms with Crippen molar-refractivity contribution in [3.63, 3.8) is 0 Å². The average Bonchev–Trinajstić information content (AvgIpc) is 2.93. The highest BCUT2D eigenvalue weighted by molar-refractivity contribution is 5.59. The van der Waals surface area contributed by atoms with Gasteiger partial charge in [0.1, 0.15) is 5.60 Å². The third kappa shape index (κ3) is 2.18. The fraction of sp³-hybridized carbons (Fsp3) is 0.444.